The lowest BCUT2D eigenvalue weighted by Gasteiger charge is -2.20. The summed E-state index contributed by atoms with van der Waals surface area (Å²) in [4.78, 5) is 31.8. The maximum atomic E-state index is 12.5. The van der Waals surface area contributed by atoms with Crippen LogP contribution in [-0.2, 0) is 4.79 Å². The topological polar surface area (TPSA) is 65.0 Å². The first-order valence-electron chi connectivity index (χ1n) is 8.29. The van der Waals surface area contributed by atoms with Crippen molar-refractivity contribution in [2.75, 3.05) is 17.8 Å². The highest BCUT2D eigenvalue weighted by Crippen LogP contribution is 2.29. The van der Waals surface area contributed by atoms with Gasteiger partial charge in [-0.25, -0.2) is 14.7 Å². The number of benzene rings is 1. The van der Waals surface area contributed by atoms with Crippen molar-refractivity contribution in [1.82, 2.24) is 10.2 Å². The molecule has 2 fully saturated rings. The molecular formula is C17H20Cl2N4O2. The van der Waals surface area contributed by atoms with E-state index in [1.54, 1.807) is 24.3 Å². The molecule has 6 nitrogen and oxygen atoms in total. The summed E-state index contributed by atoms with van der Waals surface area (Å²) in [5.41, 5.74) is 0.430. The molecule has 1 N–H and O–H groups in total. The van der Waals surface area contributed by atoms with E-state index in [9.17, 15) is 9.59 Å². The Bertz CT molecular complexity index is 704. The smallest absolute Gasteiger partial charge is 0.292 e. The fourth-order valence-corrected chi connectivity index (χ4v) is 3.54. The fourth-order valence-electron chi connectivity index (χ4n) is 3.16. The lowest BCUT2D eigenvalue weighted by molar-refractivity contribution is -0.119. The van der Waals surface area contributed by atoms with Crippen molar-refractivity contribution in [1.29, 1.82) is 0 Å². The molecule has 1 aromatic carbocycles. The third-order valence-electron chi connectivity index (χ3n) is 4.49. The Morgan fingerprint density at radius 3 is 2.60 bits per heavy atom. The summed E-state index contributed by atoms with van der Waals surface area (Å²) in [6, 6.07) is 6.73. The lowest BCUT2D eigenvalue weighted by atomic mass is 10.2. The van der Waals surface area contributed by atoms with Gasteiger partial charge in [-0.05, 0) is 25.0 Å². The van der Waals surface area contributed by atoms with Gasteiger partial charge in [0.2, 0.25) is 5.84 Å². The molecule has 1 heterocycles. The number of anilines is 1. The van der Waals surface area contributed by atoms with Gasteiger partial charge in [0.15, 0.2) is 0 Å². The minimum absolute atomic E-state index is 0.0387. The van der Waals surface area contributed by atoms with E-state index in [4.69, 9.17) is 23.2 Å². The second-order valence-corrected chi connectivity index (χ2v) is 6.92. The Balaban J connectivity index is 1.93. The quantitative estimate of drug-likeness (QED) is 0.627. The molecule has 3 rings (SSSR count). The van der Waals surface area contributed by atoms with Crippen LogP contribution in [0.1, 0.15) is 25.7 Å². The molecule has 1 aromatic rings. The first kappa shape index (κ1) is 18.2. The molecule has 134 valence electrons. The monoisotopic (exact) mass is 382 g/mol. The highest BCUT2D eigenvalue weighted by atomic mass is 35.5. The number of amidine groups is 1. The number of likely N-dealkylation sites (N-methyl/N-ethyl adjacent to an activating group) is 1. The van der Waals surface area contributed by atoms with E-state index in [1.807, 2.05) is 0 Å². The van der Waals surface area contributed by atoms with Gasteiger partial charge in [0, 0.05) is 13.1 Å². The third-order valence-corrected chi connectivity index (χ3v) is 5.10. The summed E-state index contributed by atoms with van der Waals surface area (Å²) in [5.74, 6) is -0.216. The van der Waals surface area contributed by atoms with Gasteiger partial charge in [-0.3, -0.25) is 15.0 Å². The number of nitrogens with zero attached hydrogens (tertiary/aromatic N) is 3. The summed E-state index contributed by atoms with van der Waals surface area (Å²) in [6.45, 7) is 0. The molecule has 2 aliphatic rings. The van der Waals surface area contributed by atoms with E-state index in [0.29, 0.717) is 16.8 Å². The van der Waals surface area contributed by atoms with Gasteiger partial charge in [-0.1, -0.05) is 36.6 Å². The van der Waals surface area contributed by atoms with Crippen LogP contribution in [0.2, 0.25) is 5.02 Å². The Hall–Kier alpha value is -1.63. The molecule has 8 heteroatoms. The number of para-hydroxylation sites is 1. The maximum absolute atomic E-state index is 12.5. The Morgan fingerprint density at radius 2 is 1.96 bits per heavy atom. The van der Waals surface area contributed by atoms with Crippen molar-refractivity contribution in [3.63, 3.8) is 0 Å². The second-order valence-electron chi connectivity index (χ2n) is 6.20. The van der Waals surface area contributed by atoms with Crippen LogP contribution in [-0.4, -0.2) is 47.8 Å². The normalized spacial score (nSPS) is 21.6. The molecule has 1 saturated carbocycles. The SMILES string of the molecule is CN1C(=O)C(=NC(CCl)NC2CCCC2)N(c2ccccc2Cl)C1=O. The van der Waals surface area contributed by atoms with Crippen LogP contribution in [0.5, 0.6) is 0 Å². The van der Waals surface area contributed by atoms with Crippen molar-refractivity contribution in [3.05, 3.63) is 29.3 Å². The van der Waals surface area contributed by atoms with Gasteiger partial charge in [0.25, 0.3) is 5.91 Å². The predicted octanol–water partition coefficient (Wildman–Crippen LogP) is 3.23. The van der Waals surface area contributed by atoms with E-state index in [1.165, 1.54) is 24.8 Å². The number of urea groups is 1. The van der Waals surface area contributed by atoms with Crippen LogP contribution in [0.4, 0.5) is 10.5 Å². The zero-order valence-corrected chi connectivity index (χ0v) is 15.4. The number of hydrogen-bond donors (Lipinski definition) is 1. The van der Waals surface area contributed by atoms with Crippen LogP contribution in [0, 0.1) is 0 Å². The third kappa shape index (κ3) is 3.66. The summed E-state index contributed by atoms with van der Waals surface area (Å²) in [5, 5.41) is 3.74. The number of aliphatic imine (C=N–C) groups is 1. The lowest BCUT2D eigenvalue weighted by Crippen LogP contribution is -2.40. The van der Waals surface area contributed by atoms with Crippen LogP contribution in [0.15, 0.2) is 29.3 Å². The molecule has 0 bridgehead atoms. The molecule has 25 heavy (non-hydrogen) atoms. The zero-order valence-electron chi connectivity index (χ0n) is 13.9. The van der Waals surface area contributed by atoms with E-state index in [0.717, 1.165) is 17.7 Å². The highest BCUT2D eigenvalue weighted by Gasteiger charge is 2.42. The van der Waals surface area contributed by atoms with Crippen molar-refractivity contribution < 1.29 is 9.59 Å². The van der Waals surface area contributed by atoms with Gasteiger partial charge < -0.3 is 0 Å². The Morgan fingerprint density at radius 1 is 1.28 bits per heavy atom. The first-order valence-corrected chi connectivity index (χ1v) is 9.20. The van der Waals surface area contributed by atoms with Crippen molar-refractivity contribution in [3.8, 4) is 0 Å². The number of imide groups is 1. The van der Waals surface area contributed by atoms with Crippen molar-refractivity contribution >= 4 is 46.7 Å². The minimum atomic E-state index is -0.481. The molecule has 1 saturated heterocycles. The standard InChI is InChI=1S/C17H20Cl2N4O2/c1-22-16(24)15(21-14(10-18)20-11-6-2-3-7-11)23(17(22)25)13-9-5-4-8-12(13)19/h4-5,8-9,11,14,20H,2-3,6-7,10H2,1H3. The summed E-state index contributed by atoms with van der Waals surface area (Å²) in [6.07, 6.45) is 4.05. The number of nitrogens with one attached hydrogen (secondary N) is 1. The summed E-state index contributed by atoms with van der Waals surface area (Å²) in [7, 11) is 1.43. The first-order chi connectivity index (χ1) is 12.0. The number of halogens is 2. The molecule has 0 spiro atoms. The van der Waals surface area contributed by atoms with Gasteiger partial charge >= 0.3 is 6.03 Å². The summed E-state index contributed by atoms with van der Waals surface area (Å²) >= 11 is 12.3. The Kier molecular flexibility index (Phi) is 5.61. The number of carbonyl (C=O) groups excluding carboxylic acids is 2. The fraction of sp³-hybridized carbons (Fsp3) is 0.471. The number of carbonyl (C=O) groups is 2. The minimum Gasteiger partial charge on any atom is -0.292 e. The molecule has 1 atom stereocenters. The van der Waals surface area contributed by atoms with E-state index < -0.39 is 18.1 Å². The van der Waals surface area contributed by atoms with Crippen molar-refractivity contribution in [2.24, 2.45) is 4.99 Å². The highest BCUT2D eigenvalue weighted by molar-refractivity contribution is 6.55. The predicted molar refractivity (Wildman–Crippen MR) is 99.4 cm³/mol. The molecular weight excluding hydrogens is 363 g/mol. The van der Waals surface area contributed by atoms with Crippen LogP contribution in [0.25, 0.3) is 0 Å². The number of amides is 3. The number of rotatable bonds is 5. The number of alkyl halides is 1. The molecule has 1 aliphatic carbocycles. The average molecular weight is 383 g/mol. The van der Waals surface area contributed by atoms with E-state index in [2.05, 4.69) is 10.3 Å². The van der Waals surface area contributed by atoms with Crippen LogP contribution < -0.4 is 10.2 Å². The Labute approximate surface area is 156 Å². The molecule has 1 aliphatic heterocycles. The zero-order chi connectivity index (χ0) is 18.0. The van der Waals surface area contributed by atoms with Gasteiger partial charge in [-0.15, -0.1) is 11.6 Å². The molecule has 0 radical (unpaired) electrons. The van der Waals surface area contributed by atoms with Crippen LogP contribution >= 0.6 is 23.2 Å². The maximum Gasteiger partial charge on any atom is 0.337 e. The second kappa shape index (κ2) is 7.72. The van der Waals surface area contributed by atoms with Crippen LogP contribution in [0.3, 0.4) is 0 Å². The summed E-state index contributed by atoms with van der Waals surface area (Å²) < 4.78 is 0. The number of hydrogen-bond acceptors (Lipinski definition) is 4. The van der Waals surface area contributed by atoms with Gasteiger partial charge in [-0.2, -0.15) is 0 Å². The van der Waals surface area contributed by atoms with E-state index in [-0.39, 0.29) is 11.7 Å². The largest absolute Gasteiger partial charge is 0.337 e. The van der Waals surface area contributed by atoms with E-state index >= 15 is 0 Å². The van der Waals surface area contributed by atoms with Crippen molar-refractivity contribution in [2.45, 2.75) is 37.9 Å². The molecule has 0 aromatic heterocycles. The van der Waals surface area contributed by atoms with Gasteiger partial charge in [0.05, 0.1) is 16.6 Å². The molecule has 3 amide bonds. The van der Waals surface area contributed by atoms with Gasteiger partial charge in [0.1, 0.15) is 6.17 Å². The average Bonchev–Trinajstić information content (AvgIpc) is 3.19. The molecule has 1 unspecified atom stereocenters.